The molecule has 2 saturated heterocycles. The summed E-state index contributed by atoms with van der Waals surface area (Å²) in [6.07, 6.45) is 8.00. The maximum absolute atomic E-state index is 12.6. The van der Waals surface area contributed by atoms with Gasteiger partial charge in [-0.2, -0.15) is 0 Å². The summed E-state index contributed by atoms with van der Waals surface area (Å²) >= 11 is 0. The third-order valence-electron chi connectivity index (χ3n) is 6.25. The Morgan fingerprint density at radius 3 is 2.50 bits per heavy atom. The Hall–Kier alpha value is -2.76. The molecular formula is C24H32N4O2. The Morgan fingerprint density at radius 1 is 1.07 bits per heavy atom. The third kappa shape index (κ3) is 5.04. The highest BCUT2D eigenvalue weighted by atomic mass is 16.5. The van der Waals surface area contributed by atoms with E-state index in [0.717, 1.165) is 49.7 Å². The number of nitrogens with zero attached hydrogens (tertiary/aromatic N) is 3. The number of amides is 2. The van der Waals surface area contributed by atoms with Crippen LogP contribution in [0.1, 0.15) is 49.1 Å². The van der Waals surface area contributed by atoms with Crippen molar-refractivity contribution < 1.29 is 9.53 Å². The van der Waals surface area contributed by atoms with Gasteiger partial charge in [0.15, 0.2) is 0 Å². The molecule has 0 saturated carbocycles. The number of carbonyl (C=O) groups excluding carboxylic acids is 1. The van der Waals surface area contributed by atoms with E-state index in [4.69, 9.17) is 4.74 Å². The minimum Gasteiger partial charge on any atom is -0.497 e. The Labute approximate surface area is 179 Å². The van der Waals surface area contributed by atoms with Crippen LogP contribution in [0.3, 0.4) is 0 Å². The van der Waals surface area contributed by atoms with Crippen molar-refractivity contribution in [1.29, 1.82) is 0 Å². The zero-order chi connectivity index (χ0) is 20.8. The molecule has 2 aliphatic heterocycles. The Kier molecular flexibility index (Phi) is 6.72. The van der Waals surface area contributed by atoms with Crippen LogP contribution in [0, 0.1) is 0 Å². The van der Waals surface area contributed by atoms with Crippen LogP contribution in [-0.4, -0.2) is 49.2 Å². The number of benzene rings is 1. The number of methoxy groups -OCH3 is 1. The van der Waals surface area contributed by atoms with Gasteiger partial charge in [0, 0.05) is 44.8 Å². The van der Waals surface area contributed by atoms with Crippen LogP contribution in [0.15, 0.2) is 42.6 Å². The standard InChI is InChI=1S/C24H32N4O2/c1-30-22-9-7-20(8-10-22)21-12-15-28(18-21)24(29)26-17-19-6-11-23(25-16-19)27-13-4-2-3-5-14-27/h6-11,16,21H,2-5,12-15,17-18H2,1H3,(H,26,29). The molecule has 160 valence electrons. The molecule has 2 fully saturated rings. The number of hydrogen-bond donors (Lipinski definition) is 1. The van der Waals surface area contributed by atoms with Gasteiger partial charge in [0.05, 0.1) is 7.11 Å². The monoisotopic (exact) mass is 408 g/mol. The molecule has 3 heterocycles. The molecule has 30 heavy (non-hydrogen) atoms. The van der Waals surface area contributed by atoms with E-state index in [1.165, 1.54) is 31.2 Å². The second-order valence-electron chi connectivity index (χ2n) is 8.29. The van der Waals surface area contributed by atoms with E-state index in [9.17, 15) is 4.79 Å². The molecule has 2 aromatic rings. The highest BCUT2D eigenvalue weighted by Gasteiger charge is 2.27. The Morgan fingerprint density at radius 2 is 1.83 bits per heavy atom. The average molecular weight is 409 g/mol. The van der Waals surface area contributed by atoms with Crippen LogP contribution >= 0.6 is 0 Å². The lowest BCUT2D eigenvalue weighted by molar-refractivity contribution is 0.208. The van der Waals surface area contributed by atoms with E-state index in [-0.39, 0.29) is 6.03 Å². The molecule has 1 aromatic carbocycles. The van der Waals surface area contributed by atoms with Gasteiger partial charge in [-0.15, -0.1) is 0 Å². The maximum atomic E-state index is 12.6. The fourth-order valence-corrected chi connectivity index (χ4v) is 4.39. The van der Waals surface area contributed by atoms with Crippen molar-refractivity contribution in [3.05, 3.63) is 53.7 Å². The van der Waals surface area contributed by atoms with Crippen LogP contribution in [0.2, 0.25) is 0 Å². The molecule has 4 rings (SSSR count). The number of carbonyl (C=O) groups is 1. The SMILES string of the molecule is COc1ccc(C2CCN(C(=O)NCc3ccc(N4CCCCCC4)nc3)C2)cc1. The molecule has 6 nitrogen and oxygen atoms in total. The van der Waals surface area contributed by atoms with Gasteiger partial charge in [-0.1, -0.05) is 31.0 Å². The molecule has 1 atom stereocenters. The zero-order valence-electron chi connectivity index (χ0n) is 17.8. The van der Waals surface area contributed by atoms with Crippen LogP contribution in [0.4, 0.5) is 10.6 Å². The maximum Gasteiger partial charge on any atom is 0.317 e. The fraction of sp³-hybridized carbons (Fsp3) is 0.500. The van der Waals surface area contributed by atoms with Crippen molar-refractivity contribution >= 4 is 11.8 Å². The molecule has 0 aliphatic carbocycles. The van der Waals surface area contributed by atoms with Crippen LogP contribution in [-0.2, 0) is 6.54 Å². The first-order valence-corrected chi connectivity index (χ1v) is 11.1. The van der Waals surface area contributed by atoms with Crippen molar-refractivity contribution in [2.24, 2.45) is 0 Å². The van der Waals surface area contributed by atoms with Gasteiger partial charge in [-0.25, -0.2) is 9.78 Å². The largest absolute Gasteiger partial charge is 0.497 e. The quantitative estimate of drug-likeness (QED) is 0.807. The van der Waals surface area contributed by atoms with Gasteiger partial charge >= 0.3 is 6.03 Å². The lowest BCUT2D eigenvalue weighted by Gasteiger charge is -2.21. The van der Waals surface area contributed by atoms with Crippen molar-refractivity contribution in [2.45, 2.75) is 44.6 Å². The average Bonchev–Trinajstić information content (AvgIpc) is 3.14. The van der Waals surface area contributed by atoms with Crippen LogP contribution in [0.5, 0.6) is 5.75 Å². The number of pyridine rings is 1. The summed E-state index contributed by atoms with van der Waals surface area (Å²) < 4.78 is 5.23. The minimum atomic E-state index is 0.00241. The van der Waals surface area contributed by atoms with E-state index in [1.807, 2.05) is 23.2 Å². The second kappa shape index (κ2) is 9.83. The topological polar surface area (TPSA) is 57.7 Å². The third-order valence-corrected chi connectivity index (χ3v) is 6.25. The number of ether oxygens (including phenoxy) is 1. The molecule has 2 aliphatic rings. The zero-order valence-corrected chi connectivity index (χ0v) is 17.8. The normalized spacial score (nSPS) is 19.4. The van der Waals surface area contributed by atoms with E-state index >= 15 is 0 Å². The van der Waals surface area contributed by atoms with Crippen molar-refractivity contribution in [2.75, 3.05) is 38.2 Å². The predicted octanol–water partition coefficient (Wildman–Crippen LogP) is 4.17. The molecule has 0 bridgehead atoms. The molecule has 0 radical (unpaired) electrons. The molecule has 2 amide bonds. The van der Waals surface area contributed by atoms with Gasteiger partial charge in [0.25, 0.3) is 0 Å². The summed E-state index contributed by atoms with van der Waals surface area (Å²) in [6, 6.07) is 12.3. The first-order chi connectivity index (χ1) is 14.7. The van der Waals surface area contributed by atoms with E-state index in [2.05, 4.69) is 39.5 Å². The van der Waals surface area contributed by atoms with E-state index < -0.39 is 0 Å². The van der Waals surface area contributed by atoms with Gasteiger partial charge in [0.1, 0.15) is 11.6 Å². The first-order valence-electron chi connectivity index (χ1n) is 11.1. The molecule has 6 heteroatoms. The fourth-order valence-electron chi connectivity index (χ4n) is 4.39. The molecule has 0 spiro atoms. The Balaban J connectivity index is 1.26. The number of urea groups is 1. The summed E-state index contributed by atoms with van der Waals surface area (Å²) in [5.74, 6) is 2.30. The highest BCUT2D eigenvalue weighted by Crippen LogP contribution is 2.28. The van der Waals surface area contributed by atoms with Crippen LogP contribution in [0.25, 0.3) is 0 Å². The van der Waals surface area contributed by atoms with Gasteiger partial charge in [0.2, 0.25) is 0 Å². The number of aromatic nitrogens is 1. The number of hydrogen-bond acceptors (Lipinski definition) is 4. The number of nitrogens with one attached hydrogen (secondary N) is 1. The predicted molar refractivity (Wildman–Crippen MR) is 119 cm³/mol. The lowest BCUT2D eigenvalue weighted by atomic mass is 9.98. The number of rotatable bonds is 5. The summed E-state index contributed by atoms with van der Waals surface area (Å²) in [5, 5.41) is 3.05. The summed E-state index contributed by atoms with van der Waals surface area (Å²) in [4.78, 5) is 21.5. The smallest absolute Gasteiger partial charge is 0.317 e. The minimum absolute atomic E-state index is 0.00241. The number of likely N-dealkylation sites (tertiary alicyclic amines) is 1. The second-order valence-corrected chi connectivity index (χ2v) is 8.29. The number of anilines is 1. The molecular weight excluding hydrogens is 376 g/mol. The molecule has 1 unspecified atom stereocenters. The van der Waals surface area contributed by atoms with Crippen molar-refractivity contribution in [3.8, 4) is 5.75 Å². The van der Waals surface area contributed by atoms with Crippen molar-refractivity contribution in [3.63, 3.8) is 0 Å². The first kappa shape index (κ1) is 20.5. The van der Waals surface area contributed by atoms with Gasteiger partial charge in [-0.3, -0.25) is 0 Å². The molecule has 1 N–H and O–H groups in total. The summed E-state index contributed by atoms with van der Waals surface area (Å²) in [5.41, 5.74) is 2.30. The van der Waals surface area contributed by atoms with E-state index in [1.54, 1.807) is 7.11 Å². The summed E-state index contributed by atoms with van der Waals surface area (Å²) in [7, 11) is 1.68. The summed E-state index contributed by atoms with van der Waals surface area (Å²) in [6.45, 7) is 4.23. The van der Waals surface area contributed by atoms with Gasteiger partial charge < -0.3 is 19.9 Å². The van der Waals surface area contributed by atoms with E-state index in [0.29, 0.717) is 12.5 Å². The van der Waals surface area contributed by atoms with Gasteiger partial charge in [-0.05, 0) is 48.6 Å². The van der Waals surface area contributed by atoms with Crippen LogP contribution < -0.4 is 15.0 Å². The Bertz CT molecular complexity index is 814. The highest BCUT2D eigenvalue weighted by molar-refractivity contribution is 5.74. The molecule has 1 aromatic heterocycles. The lowest BCUT2D eigenvalue weighted by Crippen LogP contribution is -2.38. The van der Waals surface area contributed by atoms with Crippen molar-refractivity contribution in [1.82, 2.24) is 15.2 Å².